The summed E-state index contributed by atoms with van der Waals surface area (Å²) in [6.45, 7) is 4.19. The Labute approximate surface area is 256 Å². The maximum atomic E-state index is 12.5. The molecule has 2 atom stereocenters. The maximum absolute atomic E-state index is 12.5. The molecule has 9 nitrogen and oxygen atoms in total. The van der Waals surface area contributed by atoms with Crippen LogP contribution in [0.25, 0.3) is 0 Å². The summed E-state index contributed by atoms with van der Waals surface area (Å²) >= 11 is 0. The van der Waals surface area contributed by atoms with Crippen LogP contribution in [-0.2, 0) is 32.7 Å². The number of carbonyl (C=O) groups is 2. The van der Waals surface area contributed by atoms with Gasteiger partial charge in [-0.1, -0.05) is 90.2 Å². The molecule has 0 aromatic carbocycles. The fraction of sp³-hybridized carbons (Fsp3) is 0.875. The molecule has 0 aliphatic carbocycles. The van der Waals surface area contributed by atoms with Crippen molar-refractivity contribution < 1.29 is 42.1 Å². The van der Waals surface area contributed by atoms with E-state index in [9.17, 15) is 19.0 Å². The summed E-state index contributed by atoms with van der Waals surface area (Å²) in [5, 5.41) is 0. The first kappa shape index (κ1) is 40.8. The van der Waals surface area contributed by atoms with Crippen LogP contribution in [0.5, 0.6) is 0 Å². The first-order valence-electron chi connectivity index (χ1n) is 16.4. The molecule has 0 heterocycles. The summed E-state index contributed by atoms with van der Waals surface area (Å²) in [6.07, 6.45) is 22.0. The molecule has 0 fully saturated rings. The molecule has 0 saturated carbocycles. The van der Waals surface area contributed by atoms with E-state index in [4.69, 9.17) is 18.5 Å². The van der Waals surface area contributed by atoms with E-state index in [0.717, 1.165) is 51.4 Å². The van der Waals surface area contributed by atoms with Crippen molar-refractivity contribution in [3.8, 4) is 0 Å². The quantitative estimate of drug-likeness (QED) is 0.0296. The molecule has 1 unspecified atom stereocenters. The molecule has 0 saturated heterocycles. The van der Waals surface area contributed by atoms with Crippen molar-refractivity contribution in [2.24, 2.45) is 0 Å². The van der Waals surface area contributed by atoms with Gasteiger partial charge in [0.15, 0.2) is 6.10 Å². The number of rotatable bonds is 29. The highest BCUT2D eigenvalue weighted by molar-refractivity contribution is 7.47. The van der Waals surface area contributed by atoms with Crippen LogP contribution < -0.4 is 0 Å². The number of unbranched alkanes of at least 4 members (excludes halogenated alkanes) is 13. The molecule has 0 spiro atoms. The molecule has 0 aromatic rings. The molecule has 1 N–H and O–H groups in total. The number of hydrogen-bond acceptors (Lipinski definition) is 7. The predicted molar refractivity (Wildman–Crippen MR) is 169 cm³/mol. The molecular formula is C32H63NO8P+. The number of carbonyl (C=O) groups excluding carboxylic acids is 2. The van der Waals surface area contributed by atoms with E-state index >= 15 is 0 Å². The lowest BCUT2D eigenvalue weighted by Crippen LogP contribution is -2.37. The Hall–Kier alpha value is -1.25. The zero-order valence-electron chi connectivity index (χ0n) is 27.5. The average Bonchev–Trinajstić information content (AvgIpc) is 2.91. The summed E-state index contributed by atoms with van der Waals surface area (Å²) in [7, 11) is 1.47. The van der Waals surface area contributed by atoms with Crippen molar-refractivity contribution in [1.82, 2.24) is 0 Å². The van der Waals surface area contributed by atoms with Crippen LogP contribution in [0.3, 0.4) is 0 Å². The zero-order valence-corrected chi connectivity index (χ0v) is 28.4. The van der Waals surface area contributed by atoms with Crippen LogP contribution in [0.2, 0.25) is 0 Å². The predicted octanol–water partition coefficient (Wildman–Crippen LogP) is 7.90. The van der Waals surface area contributed by atoms with E-state index in [1.165, 1.54) is 44.9 Å². The van der Waals surface area contributed by atoms with Crippen LogP contribution in [0.15, 0.2) is 12.2 Å². The Morgan fingerprint density at radius 1 is 0.714 bits per heavy atom. The van der Waals surface area contributed by atoms with Gasteiger partial charge in [-0.15, -0.1) is 0 Å². The third-order valence-corrected chi connectivity index (χ3v) is 7.78. The largest absolute Gasteiger partial charge is 0.472 e. The number of phosphoric acid groups is 1. The summed E-state index contributed by atoms with van der Waals surface area (Å²) < 4.78 is 33.7. The maximum Gasteiger partial charge on any atom is 0.472 e. The van der Waals surface area contributed by atoms with Gasteiger partial charge in [0, 0.05) is 12.8 Å². The Bertz CT molecular complexity index is 753. The van der Waals surface area contributed by atoms with Gasteiger partial charge in [-0.3, -0.25) is 18.6 Å². The average molecular weight is 621 g/mol. The van der Waals surface area contributed by atoms with E-state index in [-0.39, 0.29) is 26.1 Å². The summed E-state index contributed by atoms with van der Waals surface area (Å²) in [6, 6.07) is 0. The monoisotopic (exact) mass is 620 g/mol. The highest BCUT2D eigenvalue weighted by Gasteiger charge is 2.27. The molecule has 0 bridgehead atoms. The Morgan fingerprint density at radius 3 is 1.81 bits per heavy atom. The fourth-order valence-corrected chi connectivity index (χ4v) is 4.86. The van der Waals surface area contributed by atoms with E-state index in [1.54, 1.807) is 0 Å². The van der Waals surface area contributed by atoms with Gasteiger partial charge in [0.2, 0.25) is 0 Å². The smallest absolute Gasteiger partial charge is 0.462 e. The van der Waals surface area contributed by atoms with Gasteiger partial charge < -0.3 is 18.9 Å². The Kier molecular flexibility index (Phi) is 25.4. The number of hydrogen-bond donors (Lipinski definition) is 1. The van der Waals surface area contributed by atoms with Crippen molar-refractivity contribution >= 4 is 19.8 Å². The van der Waals surface area contributed by atoms with Crippen molar-refractivity contribution in [2.75, 3.05) is 47.5 Å². The number of nitrogens with zero attached hydrogens (tertiary/aromatic N) is 1. The lowest BCUT2D eigenvalue weighted by molar-refractivity contribution is -0.870. The van der Waals surface area contributed by atoms with Crippen molar-refractivity contribution in [1.29, 1.82) is 0 Å². The highest BCUT2D eigenvalue weighted by atomic mass is 31.2. The standard InChI is InChI=1S/C32H62NO8P/c1-6-8-10-11-12-13-14-15-16-17-18-19-20-21-23-25-32(35)41-30(28-38-31(34)24-22-9-7-2)29-40-42(36,37)39-27-26-33(3,4)5/h15-16,30H,6-14,17-29H2,1-5H3/p+1/b16-15-/t30-/m1/s1. The summed E-state index contributed by atoms with van der Waals surface area (Å²) in [5.41, 5.74) is 0. The highest BCUT2D eigenvalue weighted by Crippen LogP contribution is 2.43. The van der Waals surface area contributed by atoms with Crippen molar-refractivity contribution in [3.05, 3.63) is 12.2 Å². The number of quaternary nitrogens is 1. The van der Waals surface area contributed by atoms with Gasteiger partial charge in [0.1, 0.15) is 19.8 Å². The second kappa shape index (κ2) is 26.2. The molecular weight excluding hydrogens is 557 g/mol. The third kappa shape index (κ3) is 28.9. The fourth-order valence-electron chi connectivity index (χ4n) is 4.12. The van der Waals surface area contributed by atoms with E-state index in [0.29, 0.717) is 17.4 Å². The van der Waals surface area contributed by atoms with Gasteiger partial charge in [-0.25, -0.2) is 4.57 Å². The van der Waals surface area contributed by atoms with Gasteiger partial charge in [-0.05, 0) is 38.5 Å². The molecule has 0 radical (unpaired) electrons. The molecule has 0 rings (SSSR count). The lowest BCUT2D eigenvalue weighted by Gasteiger charge is -2.24. The van der Waals surface area contributed by atoms with Gasteiger partial charge in [-0.2, -0.15) is 0 Å². The second-order valence-electron chi connectivity index (χ2n) is 12.2. The van der Waals surface area contributed by atoms with Crippen molar-refractivity contribution in [2.45, 2.75) is 136 Å². The Balaban J connectivity index is 4.32. The zero-order chi connectivity index (χ0) is 31.5. The normalized spacial score (nSPS) is 14.1. The molecule has 0 aromatic heterocycles. The number of esters is 2. The number of likely N-dealkylation sites (N-methyl/N-ethyl adjacent to an activating group) is 1. The molecule has 0 aliphatic heterocycles. The third-order valence-electron chi connectivity index (χ3n) is 6.80. The molecule has 248 valence electrons. The van der Waals surface area contributed by atoms with Gasteiger partial charge in [0.25, 0.3) is 0 Å². The van der Waals surface area contributed by atoms with Crippen LogP contribution in [0, 0.1) is 0 Å². The molecule has 0 amide bonds. The molecule has 0 aliphatic rings. The topological polar surface area (TPSA) is 108 Å². The minimum absolute atomic E-state index is 0.0314. The minimum atomic E-state index is -4.35. The first-order valence-corrected chi connectivity index (χ1v) is 17.9. The Morgan fingerprint density at radius 2 is 1.21 bits per heavy atom. The van der Waals surface area contributed by atoms with Crippen LogP contribution in [0.1, 0.15) is 129 Å². The SMILES string of the molecule is CCCCCCCC/C=C\CCCCCCCC(=O)O[C@H](COC(=O)CCCCC)COP(=O)(O)OCC[N+](C)(C)C. The first-order chi connectivity index (χ1) is 20.0. The molecule has 10 heteroatoms. The van der Waals surface area contributed by atoms with E-state index in [2.05, 4.69) is 19.1 Å². The van der Waals surface area contributed by atoms with Gasteiger partial charge >= 0.3 is 19.8 Å². The number of phosphoric ester groups is 1. The number of allylic oxidation sites excluding steroid dienone is 2. The van der Waals surface area contributed by atoms with Crippen LogP contribution in [0.4, 0.5) is 0 Å². The molecule has 42 heavy (non-hydrogen) atoms. The summed E-state index contributed by atoms with van der Waals surface area (Å²) in [5.74, 6) is -0.838. The summed E-state index contributed by atoms with van der Waals surface area (Å²) in [4.78, 5) is 34.5. The lowest BCUT2D eigenvalue weighted by atomic mass is 10.1. The van der Waals surface area contributed by atoms with E-state index in [1.807, 2.05) is 28.1 Å². The van der Waals surface area contributed by atoms with Gasteiger partial charge in [0.05, 0.1) is 27.7 Å². The van der Waals surface area contributed by atoms with Crippen molar-refractivity contribution in [3.63, 3.8) is 0 Å². The minimum Gasteiger partial charge on any atom is -0.462 e. The second-order valence-corrected chi connectivity index (χ2v) is 13.7. The van der Waals surface area contributed by atoms with Crippen LogP contribution >= 0.6 is 7.82 Å². The number of ether oxygens (including phenoxy) is 2. The van der Waals surface area contributed by atoms with Crippen LogP contribution in [-0.4, -0.2) is 74.9 Å². The van der Waals surface area contributed by atoms with E-state index < -0.39 is 32.5 Å².